The number of nitrogens with two attached hydrogens (primary N) is 1. The Morgan fingerprint density at radius 3 is 1.14 bits per heavy atom. The molecule has 5 amide bonds. The number of amides is 5. The third-order valence-electron chi connectivity index (χ3n) is 24.0. The fourth-order valence-electron chi connectivity index (χ4n) is 15.6. The Balaban J connectivity index is 0.000000345. The predicted molar refractivity (Wildman–Crippen MR) is 496 cm³/mol. The van der Waals surface area contributed by atoms with Crippen LogP contribution in [0.2, 0.25) is 0 Å². The number of carbonyl (C=O) groups excluding carboxylic acids is 10. The molecule has 0 saturated carbocycles. The molecule has 8 N–H and O–H groups in total. The largest absolute Gasteiger partial charge is 0.481 e. The normalized spacial score (nSPS) is 16.6. The minimum absolute atomic E-state index is 0.000452. The highest BCUT2D eigenvalue weighted by molar-refractivity contribution is 7.10. The fourth-order valence-corrected chi connectivity index (χ4v) is 18.2. The van der Waals surface area contributed by atoms with Gasteiger partial charge in [0.25, 0.3) is 17.7 Å². The maximum absolute atomic E-state index is 14.2. The highest BCUT2D eigenvalue weighted by atomic mass is 32.1. The van der Waals surface area contributed by atoms with Crippen molar-refractivity contribution >= 4 is 105 Å². The highest BCUT2D eigenvalue weighted by Crippen LogP contribution is 2.36. The van der Waals surface area contributed by atoms with Crippen LogP contribution in [-0.4, -0.2) is 194 Å². The van der Waals surface area contributed by atoms with Gasteiger partial charge in [0, 0.05) is 125 Å². The molecule has 7 rings (SSSR count). The van der Waals surface area contributed by atoms with E-state index < -0.39 is 83.9 Å². The number of hydrogen-bond acceptors (Lipinski definition) is 24. The number of likely N-dealkylation sites (N-methyl/N-ethyl adjacent to an activating group) is 2. The molecular weight excluding hydrogens is 1680 g/mol. The quantitative estimate of drug-likeness (QED) is 0.0138. The molecule has 0 unspecified atom stereocenters. The topological polar surface area (TPSA) is 396 Å². The molecule has 1 aliphatic rings. The molecule has 3 aromatic carbocycles. The molecule has 1 saturated heterocycles. The SMILES string of the molecule is CC[C@H](C)[C@H](CC(=O)[C@H]1CCCCN1C)C(=O)N(C)[C@@H](C[C@H](OC(C)=O)c1nc(C(=O)N[C@@H](Cc2ccccc2)C[C@H](C)C(C)=O)cs1)C(C)C.CC[C@H](C)[C@H](N)C(=O)N(C)[C@H](C[C@H](OC(C)=O)c1nc(C(=O)N[C@@H](Cc2ccccc2)C[C@H](C)C(=O)O)cs1)C(C)C.CN[C@H](C[C@H](OC(C)=O)c1nc(C(=O)N[C@@H](Cc2ccccc2)C[C@H](C)C(=O)O)cs1)C(C)C. The number of hydrogen-bond donors (Lipinski definition) is 7. The Morgan fingerprint density at radius 2 is 0.835 bits per heavy atom. The van der Waals surface area contributed by atoms with Gasteiger partial charge >= 0.3 is 29.8 Å². The molecule has 700 valence electrons. The van der Waals surface area contributed by atoms with E-state index in [0.29, 0.717) is 59.5 Å². The molecule has 0 radical (unpaired) electrons. The van der Waals surface area contributed by atoms with Crippen molar-refractivity contribution in [3.63, 3.8) is 0 Å². The van der Waals surface area contributed by atoms with E-state index >= 15 is 0 Å². The zero-order valence-corrected chi connectivity index (χ0v) is 80.7. The van der Waals surface area contributed by atoms with Crippen molar-refractivity contribution in [1.82, 2.24) is 50.9 Å². The minimum Gasteiger partial charge on any atom is -0.481 e. The van der Waals surface area contributed by atoms with Crippen molar-refractivity contribution < 1.29 is 82.0 Å². The van der Waals surface area contributed by atoms with Crippen LogP contribution in [0.25, 0.3) is 0 Å². The van der Waals surface area contributed by atoms with Gasteiger partial charge in [0.1, 0.15) is 37.9 Å². The number of Topliss-reactive ketones (excluding diaryl/α,β-unsaturated/α-hetero) is 2. The molecule has 4 heterocycles. The Morgan fingerprint density at radius 1 is 0.488 bits per heavy atom. The van der Waals surface area contributed by atoms with E-state index in [2.05, 4.69) is 55.0 Å². The van der Waals surface area contributed by atoms with E-state index in [1.807, 2.05) is 167 Å². The number of piperidine rings is 1. The number of carbonyl (C=O) groups is 12. The van der Waals surface area contributed by atoms with Crippen LogP contribution in [0.5, 0.6) is 0 Å². The lowest BCUT2D eigenvalue weighted by atomic mass is 9.83. The van der Waals surface area contributed by atoms with E-state index in [-0.39, 0.29) is 144 Å². The van der Waals surface area contributed by atoms with Crippen LogP contribution >= 0.6 is 34.0 Å². The Labute approximate surface area is 763 Å². The van der Waals surface area contributed by atoms with Gasteiger partial charge in [-0.25, -0.2) is 15.0 Å². The smallest absolute Gasteiger partial charge is 0.306 e. The first kappa shape index (κ1) is 108. The van der Waals surface area contributed by atoms with Gasteiger partial charge in [-0.15, -0.1) is 34.0 Å². The number of carboxylic acid groups (broad SMARTS) is 2. The van der Waals surface area contributed by atoms with Gasteiger partial charge in [-0.1, -0.05) is 200 Å². The third-order valence-corrected chi connectivity index (χ3v) is 26.8. The van der Waals surface area contributed by atoms with Gasteiger partial charge in [-0.05, 0) is 125 Å². The molecule has 1 aliphatic heterocycles. The maximum Gasteiger partial charge on any atom is 0.306 e. The van der Waals surface area contributed by atoms with E-state index in [4.69, 9.17) is 19.9 Å². The molecule has 1 fully saturated rings. The van der Waals surface area contributed by atoms with Crippen molar-refractivity contribution in [2.24, 2.45) is 59.0 Å². The van der Waals surface area contributed by atoms with Crippen molar-refractivity contribution in [1.29, 1.82) is 0 Å². The number of ketones is 2. The molecule has 3 aromatic heterocycles. The van der Waals surface area contributed by atoms with Crippen LogP contribution in [0.1, 0.15) is 276 Å². The number of ether oxygens (including phenoxy) is 3. The van der Waals surface area contributed by atoms with Crippen LogP contribution < -0.4 is 27.0 Å². The third kappa shape index (κ3) is 35.8. The number of benzene rings is 3. The summed E-state index contributed by atoms with van der Waals surface area (Å²) in [4.78, 5) is 171. The average molecular weight is 1820 g/mol. The number of aliphatic carboxylic acids is 2. The Bertz CT molecular complexity index is 4470. The van der Waals surface area contributed by atoms with Gasteiger partial charge in [-0.2, -0.15) is 0 Å². The summed E-state index contributed by atoms with van der Waals surface area (Å²) in [6.45, 7) is 31.7. The summed E-state index contributed by atoms with van der Waals surface area (Å²) in [7, 11) is 7.34. The van der Waals surface area contributed by atoms with Gasteiger partial charge < -0.3 is 61.2 Å². The second kappa shape index (κ2) is 54.1. The number of thiazole rings is 3. The number of esters is 3. The summed E-state index contributed by atoms with van der Waals surface area (Å²) >= 11 is 3.70. The van der Waals surface area contributed by atoms with E-state index in [1.165, 1.54) is 54.8 Å². The zero-order valence-electron chi connectivity index (χ0n) is 78.3. The molecule has 0 spiro atoms. The summed E-state index contributed by atoms with van der Waals surface area (Å²) in [6, 6.07) is 26.6. The average Bonchev–Trinajstić information content (AvgIpc) is 1.81. The van der Waals surface area contributed by atoms with Crippen molar-refractivity contribution in [2.45, 2.75) is 281 Å². The number of nitrogens with zero attached hydrogens (tertiary/aromatic N) is 6. The molecule has 28 nitrogen and oxygen atoms in total. The molecule has 127 heavy (non-hydrogen) atoms. The number of rotatable bonds is 48. The minimum atomic E-state index is -0.934. The monoisotopic (exact) mass is 1820 g/mol. The molecule has 0 bridgehead atoms. The summed E-state index contributed by atoms with van der Waals surface area (Å²) in [5, 5.41) is 37.4. The number of carboxylic acids is 2. The first-order valence-corrected chi connectivity index (χ1v) is 47.2. The molecule has 6 aromatic rings. The summed E-state index contributed by atoms with van der Waals surface area (Å²) in [5.74, 6) is -6.07. The van der Waals surface area contributed by atoms with Gasteiger partial charge in [0.05, 0.1) is 23.9 Å². The maximum atomic E-state index is 14.2. The fraction of sp³-hybridized carbons (Fsp3) is 0.594. The summed E-state index contributed by atoms with van der Waals surface area (Å²) in [6.07, 6.45) is 6.22. The Hall–Kier alpha value is -9.53. The first-order valence-electron chi connectivity index (χ1n) is 44.5. The second-order valence-electron chi connectivity index (χ2n) is 35.2. The first-order chi connectivity index (χ1) is 60.0. The van der Waals surface area contributed by atoms with Crippen molar-refractivity contribution in [2.75, 3.05) is 34.7 Å². The molecule has 17 atom stereocenters. The standard InChI is InChI=1S/C40H60N4O6S.C31H46N4O6S.C25H35N3O5S/c1-10-26(4)32(22-36(47)34-18-14-15-19-43(34)8)40(49)44(9)35(25(2)3)23-37(50-29(7)46)39-42-33(24-51-39)38(48)41-31(20-27(5)28(6)45)21-30-16-12-11-13-17-30;1-8-19(4)27(32)30(38)35(7)25(18(2)3)16-26(41-21(6)36)29-34-24(17-42-29)28(37)33-23(14-20(5)31(39)40)15-22-12-10-9-11-13-22;1-15(2)20(26-5)13-22(33-17(4)29)24-28-21(14-34-24)23(30)27-19(11-16(3)25(31)32)12-18-9-7-6-8-10-18/h11-13,16-17,24-27,31-32,34-35,37H,10,14-15,18-23H2,1-9H3,(H,41,48);9-13,17-20,23,25-27H,8,14-16,32H2,1-7H3,(H,33,37)(H,39,40);6-10,14-16,19-20,22,26H,11-13H2,1-5H3,(H,27,30)(H,31,32)/t26-,27-,31+,32-,34+,35-,37-;19-,20-,23+,25+,26-,27-;16-,19+,20+,22-/m000/s1. The van der Waals surface area contributed by atoms with Crippen LogP contribution in [0.3, 0.4) is 0 Å². The molecule has 31 heteroatoms. The van der Waals surface area contributed by atoms with E-state index in [0.717, 1.165) is 55.3 Å². The summed E-state index contributed by atoms with van der Waals surface area (Å²) < 4.78 is 17.0. The summed E-state index contributed by atoms with van der Waals surface area (Å²) in [5.41, 5.74) is 9.85. The second-order valence-corrected chi connectivity index (χ2v) is 37.9. The predicted octanol–water partition coefficient (Wildman–Crippen LogP) is 15.0. The molecule has 0 aliphatic carbocycles. The Kier molecular flexibility index (Phi) is 46.0. The highest BCUT2D eigenvalue weighted by Gasteiger charge is 2.40. The lowest BCUT2D eigenvalue weighted by Gasteiger charge is -2.37. The van der Waals surface area contributed by atoms with Gasteiger partial charge in [0.15, 0.2) is 24.1 Å². The van der Waals surface area contributed by atoms with Crippen molar-refractivity contribution in [3.8, 4) is 0 Å². The van der Waals surface area contributed by atoms with E-state index in [9.17, 15) is 67.7 Å². The number of nitrogens with one attached hydrogen (secondary N) is 4. The number of aromatic nitrogens is 3. The molecular formula is C96H141N11O17S3. The van der Waals surface area contributed by atoms with Crippen LogP contribution in [0.15, 0.2) is 107 Å². The van der Waals surface area contributed by atoms with E-state index in [1.54, 1.807) is 60.8 Å². The number of likely N-dealkylation sites (tertiary alicyclic amines) is 1. The lowest BCUT2D eigenvalue weighted by Crippen LogP contribution is -2.51. The zero-order chi connectivity index (χ0) is 94.6. The van der Waals surface area contributed by atoms with Gasteiger partial charge in [0.2, 0.25) is 11.8 Å². The van der Waals surface area contributed by atoms with Gasteiger partial charge in [-0.3, -0.25) is 62.4 Å². The van der Waals surface area contributed by atoms with Crippen LogP contribution in [0, 0.1) is 53.3 Å². The van der Waals surface area contributed by atoms with Crippen LogP contribution in [-0.2, 0) is 76.6 Å². The lowest BCUT2D eigenvalue weighted by molar-refractivity contribution is -0.150. The van der Waals surface area contributed by atoms with Crippen molar-refractivity contribution in [3.05, 3.63) is 156 Å². The van der Waals surface area contributed by atoms with Crippen LogP contribution in [0.4, 0.5) is 0 Å².